The molecule has 0 aliphatic carbocycles. The molecule has 208 valence electrons. The van der Waals surface area contributed by atoms with Crippen LogP contribution < -0.4 is 25.5 Å². The van der Waals surface area contributed by atoms with E-state index in [1.54, 1.807) is 43.3 Å². The van der Waals surface area contributed by atoms with Crippen molar-refractivity contribution in [1.29, 1.82) is 0 Å². The number of hydrogen-bond acceptors (Lipinski definition) is 6. The standard InChI is InChI=1S/C29H28BrFN4O5/c1-3-7-20-14-19(17-32-35-27(37)16-26(36)34-24-9-6-5-8-23(24)30)15-25(39-4-2)29(20)40-18-28(38)33-22-12-10-21(31)11-13-22/h3,5-6,8-15,17H,1,4,7,16,18H2,2H3,(H,33,38)(H,34,36)(H,35,37). The van der Waals surface area contributed by atoms with Crippen molar-refractivity contribution in [1.82, 2.24) is 5.43 Å². The molecule has 0 aromatic heterocycles. The number of hydrogen-bond donors (Lipinski definition) is 3. The molecule has 0 heterocycles. The first-order valence-electron chi connectivity index (χ1n) is 12.2. The second-order valence-electron chi connectivity index (χ2n) is 8.27. The lowest BCUT2D eigenvalue weighted by molar-refractivity contribution is -0.126. The van der Waals surface area contributed by atoms with Crippen LogP contribution >= 0.6 is 15.9 Å². The van der Waals surface area contributed by atoms with Gasteiger partial charge in [-0.2, -0.15) is 5.10 Å². The van der Waals surface area contributed by atoms with Crippen LogP contribution in [0.25, 0.3) is 0 Å². The Labute approximate surface area is 239 Å². The Hall–Kier alpha value is -4.51. The van der Waals surface area contributed by atoms with Crippen molar-refractivity contribution in [3.8, 4) is 11.5 Å². The number of rotatable bonds is 13. The second-order valence-corrected chi connectivity index (χ2v) is 9.13. The molecule has 0 aliphatic rings. The molecule has 0 saturated heterocycles. The lowest BCUT2D eigenvalue weighted by atomic mass is 10.1. The Morgan fingerprint density at radius 2 is 1.75 bits per heavy atom. The molecule has 0 unspecified atom stereocenters. The molecule has 9 nitrogen and oxygen atoms in total. The van der Waals surface area contributed by atoms with Gasteiger partial charge in [-0.25, -0.2) is 9.82 Å². The monoisotopic (exact) mass is 610 g/mol. The Morgan fingerprint density at radius 3 is 2.45 bits per heavy atom. The summed E-state index contributed by atoms with van der Waals surface area (Å²) in [5.74, 6) is -1.19. The molecule has 3 N–H and O–H groups in total. The van der Waals surface area contributed by atoms with Crippen LogP contribution in [-0.4, -0.2) is 37.1 Å². The van der Waals surface area contributed by atoms with E-state index in [9.17, 15) is 18.8 Å². The fraction of sp³-hybridized carbons (Fsp3) is 0.172. The summed E-state index contributed by atoms with van der Waals surface area (Å²) in [7, 11) is 0. The minimum Gasteiger partial charge on any atom is -0.490 e. The summed E-state index contributed by atoms with van der Waals surface area (Å²) < 4.78 is 25.3. The zero-order valence-electron chi connectivity index (χ0n) is 21.7. The average molecular weight is 611 g/mol. The molecule has 0 saturated carbocycles. The first-order valence-corrected chi connectivity index (χ1v) is 13.0. The van der Waals surface area contributed by atoms with Gasteiger partial charge in [0.15, 0.2) is 18.1 Å². The predicted octanol–water partition coefficient (Wildman–Crippen LogP) is 5.21. The molecule has 3 rings (SSSR count). The molecule has 40 heavy (non-hydrogen) atoms. The smallest absolute Gasteiger partial charge is 0.262 e. The lowest BCUT2D eigenvalue weighted by Gasteiger charge is -2.16. The Kier molecular flexibility index (Phi) is 11.4. The van der Waals surface area contributed by atoms with Crippen molar-refractivity contribution in [3.05, 3.63) is 94.7 Å². The van der Waals surface area contributed by atoms with Gasteiger partial charge in [0, 0.05) is 15.7 Å². The highest BCUT2D eigenvalue weighted by molar-refractivity contribution is 9.10. The molecule has 0 spiro atoms. The van der Waals surface area contributed by atoms with Crippen molar-refractivity contribution in [2.45, 2.75) is 19.8 Å². The van der Waals surface area contributed by atoms with Gasteiger partial charge in [-0.15, -0.1) is 6.58 Å². The van der Waals surface area contributed by atoms with Crippen molar-refractivity contribution < 1.29 is 28.2 Å². The van der Waals surface area contributed by atoms with E-state index in [0.29, 0.717) is 51.5 Å². The number of para-hydroxylation sites is 1. The number of halogens is 2. The maximum Gasteiger partial charge on any atom is 0.262 e. The third-order valence-corrected chi connectivity index (χ3v) is 5.86. The summed E-state index contributed by atoms with van der Waals surface area (Å²) in [6, 6.07) is 15.8. The number of hydrazone groups is 1. The zero-order valence-corrected chi connectivity index (χ0v) is 23.3. The van der Waals surface area contributed by atoms with Gasteiger partial charge in [0.25, 0.3) is 5.91 Å². The quantitative estimate of drug-likeness (QED) is 0.106. The number of carbonyl (C=O) groups is 3. The van der Waals surface area contributed by atoms with Crippen molar-refractivity contribution in [3.63, 3.8) is 0 Å². The number of anilines is 2. The highest BCUT2D eigenvalue weighted by Gasteiger charge is 2.15. The van der Waals surface area contributed by atoms with Gasteiger partial charge in [0.05, 0.1) is 18.5 Å². The molecule has 3 aromatic rings. The van der Waals surface area contributed by atoms with Crippen LogP contribution in [0.3, 0.4) is 0 Å². The fourth-order valence-corrected chi connectivity index (χ4v) is 3.86. The van der Waals surface area contributed by atoms with Gasteiger partial charge in [0.2, 0.25) is 11.8 Å². The van der Waals surface area contributed by atoms with E-state index >= 15 is 0 Å². The largest absolute Gasteiger partial charge is 0.490 e. The van der Waals surface area contributed by atoms with E-state index < -0.39 is 30.0 Å². The van der Waals surface area contributed by atoms with Crippen molar-refractivity contribution in [2.75, 3.05) is 23.8 Å². The molecular weight excluding hydrogens is 583 g/mol. The van der Waals surface area contributed by atoms with E-state index in [1.807, 2.05) is 6.07 Å². The minimum absolute atomic E-state index is 0.313. The fourth-order valence-electron chi connectivity index (χ4n) is 3.48. The van der Waals surface area contributed by atoms with Gasteiger partial charge < -0.3 is 20.1 Å². The molecule has 0 radical (unpaired) electrons. The van der Waals surface area contributed by atoms with Gasteiger partial charge in [-0.1, -0.05) is 18.2 Å². The van der Waals surface area contributed by atoms with E-state index in [0.717, 1.165) is 0 Å². The second kappa shape index (κ2) is 15.2. The summed E-state index contributed by atoms with van der Waals surface area (Å²) in [5, 5.41) is 9.24. The average Bonchev–Trinajstić information content (AvgIpc) is 2.91. The molecular formula is C29H28BrFN4O5. The normalized spacial score (nSPS) is 10.6. The zero-order chi connectivity index (χ0) is 28.9. The van der Waals surface area contributed by atoms with Crippen LogP contribution in [0.2, 0.25) is 0 Å². The first kappa shape index (κ1) is 30.0. The van der Waals surface area contributed by atoms with E-state index in [4.69, 9.17) is 9.47 Å². The van der Waals surface area contributed by atoms with Gasteiger partial charge in [-0.05, 0) is 83.4 Å². The number of allylic oxidation sites excluding steroid dienone is 1. The van der Waals surface area contributed by atoms with Gasteiger partial charge >= 0.3 is 0 Å². The molecule has 3 aromatic carbocycles. The van der Waals surface area contributed by atoms with Crippen LogP contribution in [0.1, 0.15) is 24.5 Å². The topological polar surface area (TPSA) is 118 Å². The molecule has 0 atom stereocenters. The van der Waals surface area contributed by atoms with Crippen LogP contribution in [0.15, 0.2) is 82.9 Å². The van der Waals surface area contributed by atoms with E-state index in [1.165, 1.54) is 30.5 Å². The van der Waals surface area contributed by atoms with Crippen LogP contribution in [0, 0.1) is 5.82 Å². The van der Waals surface area contributed by atoms with Crippen molar-refractivity contribution in [2.24, 2.45) is 5.10 Å². The number of carbonyl (C=O) groups excluding carboxylic acids is 3. The number of nitrogens with zero attached hydrogens (tertiary/aromatic N) is 1. The van der Waals surface area contributed by atoms with Crippen LogP contribution in [-0.2, 0) is 20.8 Å². The Morgan fingerprint density at radius 1 is 1.00 bits per heavy atom. The number of benzene rings is 3. The number of nitrogens with one attached hydrogen (secondary N) is 3. The highest BCUT2D eigenvalue weighted by atomic mass is 79.9. The van der Waals surface area contributed by atoms with Gasteiger partial charge in [-0.3, -0.25) is 14.4 Å². The summed E-state index contributed by atoms with van der Waals surface area (Å²) in [6.07, 6.45) is 3.06. The van der Waals surface area contributed by atoms with E-state index in [-0.39, 0.29) is 6.61 Å². The third kappa shape index (κ3) is 9.35. The minimum atomic E-state index is -0.593. The first-order chi connectivity index (χ1) is 19.3. The molecule has 0 fully saturated rings. The molecule has 11 heteroatoms. The number of amides is 3. The third-order valence-electron chi connectivity index (χ3n) is 5.17. The molecule has 0 aliphatic heterocycles. The summed E-state index contributed by atoms with van der Waals surface area (Å²) in [4.78, 5) is 36.8. The Bertz CT molecular complexity index is 1400. The predicted molar refractivity (Wildman–Crippen MR) is 155 cm³/mol. The Balaban J connectivity index is 1.64. The van der Waals surface area contributed by atoms with Crippen LogP contribution in [0.4, 0.5) is 15.8 Å². The summed E-state index contributed by atoms with van der Waals surface area (Å²) in [5.41, 5.74) is 4.59. The SMILES string of the molecule is C=CCc1cc(C=NNC(=O)CC(=O)Nc2ccccc2Br)cc(OCC)c1OCC(=O)Nc1ccc(F)cc1. The van der Waals surface area contributed by atoms with E-state index in [2.05, 4.69) is 43.7 Å². The summed E-state index contributed by atoms with van der Waals surface area (Å²) in [6.45, 7) is 5.59. The maximum absolute atomic E-state index is 13.1. The van der Waals surface area contributed by atoms with Crippen LogP contribution in [0.5, 0.6) is 11.5 Å². The lowest BCUT2D eigenvalue weighted by Crippen LogP contribution is -2.24. The molecule has 0 bridgehead atoms. The van der Waals surface area contributed by atoms with Gasteiger partial charge in [0.1, 0.15) is 12.2 Å². The number of ether oxygens (including phenoxy) is 2. The highest BCUT2D eigenvalue weighted by Crippen LogP contribution is 2.33. The maximum atomic E-state index is 13.1. The van der Waals surface area contributed by atoms with Crippen molar-refractivity contribution >= 4 is 51.2 Å². The summed E-state index contributed by atoms with van der Waals surface area (Å²) >= 11 is 3.33. The molecule has 3 amide bonds.